The number of anilines is 1. The van der Waals surface area contributed by atoms with Crippen molar-refractivity contribution in [1.29, 1.82) is 0 Å². The summed E-state index contributed by atoms with van der Waals surface area (Å²) in [6.07, 6.45) is 5.94. The number of carbonyl (C=O) groups is 2. The number of hydrazine groups is 1. The third-order valence-electron chi connectivity index (χ3n) is 6.69. The normalized spacial score (nSPS) is 19.6. The molecule has 0 aliphatic heterocycles. The van der Waals surface area contributed by atoms with Crippen LogP contribution in [0.5, 0.6) is 5.75 Å². The average Bonchev–Trinajstić information content (AvgIpc) is 3.78. The SMILES string of the molecule is COc1ccc(S(=O)(=O)NNC2CCc3sc(NC(=O)C4CC4)c(C(=O)NCC4CC4)c3C2)cc1. The molecule has 0 saturated heterocycles. The van der Waals surface area contributed by atoms with Gasteiger partial charge in [-0.3, -0.25) is 9.59 Å². The van der Waals surface area contributed by atoms with E-state index in [0.29, 0.717) is 48.0 Å². The van der Waals surface area contributed by atoms with Crippen molar-refractivity contribution in [2.75, 3.05) is 19.0 Å². The molecule has 35 heavy (non-hydrogen) atoms. The third kappa shape index (κ3) is 5.69. The summed E-state index contributed by atoms with van der Waals surface area (Å²) >= 11 is 1.47. The lowest BCUT2D eigenvalue weighted by atomic mass is 9.91. The van der Waals surface area contributed by atoms with Crippen LogP contribution in [0.4, 0.5) is 5.00 Å². The second-order valence-corrected chi connectivity index (χ2v) is 12.3. The van der Waals surface area contributed by atoms with Crippen molar-refractivity contribution >= 4 is 38.2 Å². The molecule has 1 heterocycles. The number of thiophene rings is 1. The summed E-state index contributed by atoms with van der Waals surface area (Å²) in [6.45, 7) is 0.642. The fraction of sp³-hybridized carbons (Fsp3) is 0.500. The number of carbonyl (C=O) groups excluding carboxylic acids is 2. The Balaban J connectivity index is 1.30. The highest BCUT2D eigenvalue weighted by Crippen LogP contribution is 2.40. The van der Waals surface area contributed by atoms with E-state index >= 15 is 0 Å². The predicted octanol–water partition coefficient (Wildman–Crippen LogP) is 2.59. The number of hydrogen-bond acceptors (Lipinski definition) is 7. The molecule has 1 aromatic heterocycles. The van der Waals surface area contributed by atoms with Crippen molar-refractivity contribution in [2.45, 2.75) is 55.9 Å². The van der Waals surface area contributed by atoms with Gasteiger partial charge in [-0.25, -0.2) is 13.8 Å². The lowest BCUT2D eigenvalue weighted by Gasteiger charge is -2.24. The second kappa shape index (κ2) is 9.88. The number of fused-ring (bicyclic) bond motifs is 1. The summed E-state index contributed by atoms with van der Waals surface area (Å²) in [5.41, 5.74) is 4.37. The number of nitrogens with one attached hydrogen (secondary N) is 4. The number of rotatable bonds is 10. The molecule has 0 bridgehead atoms. The molecule has 3 aliphatic carbocycles. The van der Waals surface area contributed by atoms with Crippen molar-refractivity contribution in [3.63, 3.8) is 0 Å². The van der Waals surface area contributed by atoms with E-state index in [0.717, 1.165) is 36.1 Å². The Morgan fingerprint density at radius 3 is 2.49 bits per heavy atom. The first kappa shape index (κ1) is 24.2. The lowest BCUT2D eigenvalue weighted by molar-refractivity contribution is -0.117. The van der Waals surface area contributed by atoms with Gasteiger partial charge in [0.25, 0.3) is 15.9 Å². The third-order valence-corrected chi connectivity index (χ3v) is 9.17. The molecule has 1 unspecified atom stereocenters. The monoisotopic (exact) mass is 518 g/mol. The number of sulfonamides is 1. The number of methoxy groups -OCH3 is 1. The molecule has 4 N–H and O–H groups in total. The van der Waals surface area contributed by atoms with E-state index in [-0.39, 0.29) is 28.7 Å². The zero-order valence-corrected chi connectivity index (χ0v) is 21.2. The standard InChI is InChI=1S/C24H30N4O5S2/c1-33-17-7-9-18(10-8-17)35(31,32)28-27-16-6-11-20-19(12-16)21(23(30)25-13-14-2-3-14)24(34-20)26-22(29)15-4-5-15/h7-10,14-16,27-28H,2-6,11-13H2,1H3,(H,25,30)(H,26,29). The number of benzene rings is 1. The van der Waals surface area contributed by atoms with Crippen LogP contribution in [0.2, 0.25) is 0 Å². The quantitative estimate of drug-likeness (QED) is 0.358. The first-order chi connectivity index (χ1) is 16.8. The second-order valence-electron chi connectivity index (χ2n) is 9.49. The maximum atomic E-state index is 13.2. The molecular formula is C24H30N4O5S2. The number of aryl methyl sites for hydroxylation is 1. The first-order valence-corrected chi connectivity index (χ1v) is 14.3. The van der Waals surface area contributed by atoms with Crippen LogP contribution < -0.4 is 25.6 Å². The smallest absolute Gasteiger partial charge is 0.254 e. The molecule has 2 amide bonds. The molecule has 5 rings (SSSR count). The minimum absolute atomic E-state index is 0.0261. The van der Waals surface area contributed by atoms with Crippen molar-refractivity contribution in [3.8, 4) is 5.75 Å². The fourth-order valence-corrected chi connectivity index (χ4v) is 6.40. The van der Waals surface area contributed by atoms with Crippen molar-refractivity contribution in [3.05, 3.63) is 40.3 Å². The number of hydrogen-bond donors (Lipinski definition) is 4. The minimum Gasteiger partial charge on any atom is -0.497 e. The molecule has 188 valence electrons. The van der Waals surface area contributed by atoms with Gasteiger partial charge in [-0.1, -0.05) is 0 Å². The van der Waals surface area contributed by atoms with Crippen LogP contribution in [-0.4, -0.2) is 39.9 Å². The van der Waals surface area contributed by atoms with Gasteiger partial charge in [0, 0.05) is 23.4 Å². The number of ether oxygens (including phenoxy) is 1. The van der Waals surface area contributed by atoms with Crippen LogP contribution >= 0.6 is 11.3 Å². The Morgan fingerprint density at radius 2 is 1.83 bits per heavy atom. The van der Waals surface area contributed by atoms with Crippen molar-refractivity contribution in [2.24, 2.45) is 11.8 Å². The van der Waals surface area contributed by atoms with E-state index < -0.39 is 10.0 Å². The van der Waals surface area contributed by atoms with Gasteiger partial charge in [-0.05, 0) is 80.7 Å². The van der Waals surface area contributed by atoms with E-state index in [2.05, 4.69) is 20.9 Å². The van der Waals surface area contributed by atoms with E-state index in [9.17, 15) is 18.0 Å². The molecule has 1 aromatic carbocycles. The van der Waals surface area contributed by atoms with Gasteiger partial charge in [-0.15, -0.1) is 16.2 Å². The Labute approximate surface area is 209 Å². The maximum Gasteiger partial charge on any atom is 0.254 e. The molecule has 11 heteroatoms. The van der Waals surface area contributed by atoms with Crippen molar-refractivity contribution < 1.29 is 22.7 Å². The molecule has 0 spiro atoms. The van der Waals surface area contributed by atoms with E-state index in [1.54, 1.807) is 12.1 Å². The summed E-state index contributed by atoms with van der Waals surface area (Å²) in [7, 11) is -2.24. The Morgan fingerprint density at radius 1 is 1.09 bits per heavy atom. The molecule has 2 aromatic rings. The van der Waals surface area contributed by atoms with E-state index in [1.165, 1.54) is 30.6 Å². The summed E-state index contributed by atoms with van der Waals surface area (Å²) in [4.78, 5) is 29.3. The summed E-state index contributed by atoms with van der Waals surface area (Å²) < 4.78 is 30.5. The Kier molecular flexibility index (Phi) is 6.84. The largest absolute Gasteiger partial charge is 0.497 e. The van der Waals surface area contributed by atoms with Crippen LogP contribution in [0.15, 0.2) is 29.2 Å². The topological polar surface area (TPSA) is 126 Å². The summed E-state index contributed by atoms with van der Waals surface area (Å²) in [5, 5.41) is 6.64. The summed E-state index contributed by atoms with van der Waals surface area (Å²) in [5.74, 6) is 0.964. The van der Waals surface area contributed by atoms with Gasteiger partial charge in [-0.2, -0.15) is 0 Å². The lowest BCUT2D eigenvalue weighted by Crippen LogP contribution is -2.46. The molecule has 1 atom stereocenters. The summed E-state index contributed by atoms with van der Waals surface area (Å²) in [6, 6.07) is 5.97. The van der Waals surface area contributed by atoms with E-state index in [1.807, 2.05) is 0 Å². The highest BCUT2D eigenvalue weighted by molar-refractivity contribution is 7.89. The Bertz CT molecular complexity index is 1220. The van der Waals surface area contributed by atoms with Gasteiger partial charge in [0.15, 0.2) is 0 Å². The van der Waals surface area contributed by atoms with E-state index in [4.69, 9.17) is 4.74 Å². The maximum absolute atomic E-state index is 13.2. The van der Waals surface area contributed by atoms with Crippen LogP contribution in [-0.2, 0) is 27.7 Å². The Hall–Kier alpha value is -2.47. The van der Waals surface area contributed by atoms with Crippen molar-refractivity contribution in [1.82, 2.24) is 15.6 Å². The molecular weight excluding hydrogens is 488 g/mol. The molecule has 9 nitrogen and oxygen atoms in total. The van der Waals surface area contributed by atoms with Gasteiger partial charge >= 0.3 is 0 Å². The molecule has 3 aliphatic rings. The molecule has 2 fully saturated rings. The number of amides is 2. The molecule has 2 saturated carbocycles. The zero-order valence-electron chi connectivity index (χ0n) is 19.6. The highest BCUT2D eigenvalue weighted by Gasteiger charge is 2.34. The zero-order chi connectivity index (χ0) is 24.6. The van der Waals surface area contributed by atoms with Gasteiger partial charge in [0.05, 0.1) is 17.6 Å². The highest BCUT2D eigenvalue weighted by atomic mass is 32.2. The predicted molar refractivity (Wildman–Crippen MR) is 133 cm³/mol. The molecule has 0 radical (unpaired) electrons. The minimum atomic E-state index is -3.76. The average molecular weight is 519 g/mol. The van der Waals surface area contributed by atoms with Crippen LogP contribution in [0.1, 0.15) is 52.9 Å². The van der Waals surface area contributed by atoms with Crippen LogP contribution in [0, 0.1) is 11.8 Å². The van der Waals surface area contributed by atoms with Gasteiger partial charge < -0.3 is 15.4 Å². The van der Waals surface area contributed by atoms with Gasteiger partial charge in [0.1, 0.15) is 10.8 Å². The first-order valence-electron chi connectivity index (χ1n) is 12.0. The van der Waals surface area contributed by atoms with Crippen LogP contribution in [0.3, 0.4) is 0 Å². The van der Waals surface area contributed by atoms with Gasteiger partial charge in [0.2, 0.25) is 5.91 Å². The van der Waals surface area contributed by atoms with Crippen LogP contribution in [0.25, 0.3) is 0 Å². The fourth-order valence-electron chi connectivity index (χ4n) is 4.22.